The summed E-state index contributed by atoms with van der Waals surface area (Å²) in [4.78, 5) is 0. The van der Waals surface area contributed by atoms with Crippen LogP contribution in [0.4, 0.5) is 0 Å². The first kappa shape index (κ1) is 6.29. The summed E-state index contributed by atoms with van der Waals surface area (Å²) in [6.07, 6.45) is 0. The van der Waals surface area contributed by atoms with Crippen LogP contribution in [-0.2, 0) is 0 Å². The quantitative estimate of drug-likeness (QED) is 0.656. The first-order valence-corrected chi connectivity index (χ1v) is 7.48. The Bertz CT molecular complexity index is 143. The SMILES string of the molecule is Brc1ccp(Br)p1. The lowest BCUT2D eigenvalue weighted by Crippen LogP contribution is -1.28. The molecule has 0 fully saturated rings. The zero-order valence-electron chi connectivity index (χ0n) is 3.31. The lowest BCUT2D eigenvalue weighted by molar-refractivity contribution is 2.04. The van der Waals surface area contributed by atoms with Gasteiger partial charge in [0.15, 0.2) is 0 Å². The molecule has 7 heavy (non-hydrogen) atoms. The average molecular weight is 260 g/mol. The predicted octanol–water partition coefficient (Wildman–Crippen LogP) is 4.17. The van der Waals surface area contributed by atoms with Crippen LogP contribution in [0.1, 0.15) is 0 Å². The molecule has 0 nitrogen and oxygen atoms in total. The summed E-state index contributed by atoms with van der Waals surface area (Å²) in [6.45, 7) is 0. The molecule has 0 aliphatic carbocycles. The molecule has 1 rings (SSSR count). The number of hydrogen-bond acceptors (Lipinski definition) is 0. The van der Waals surface area contributed by atoms with Crippen LogP contribution in [-0.4, -0.2) is 0 Å². The molecule has 1 atom stereocenters. The van der Waals surface area contributed by atoms with E-state index in [1.54, 1.807) is 0 Å². The van der Waals surface area contributed by atoms with Crippen LogP contribution in [0.5, 0.6) is 0 Å². The second kappa shape index (κ2) is 2.64. The van der Waals surface area contributed by atoms with Crippen molar-refractivity contribution in [2.75, 3.05) is 0 Å². The summed E-state index contributed by atoms with van der Waals surface area (Å²) in [6, 6.07) is 2.10. The van der Waals surface area contributed by atoms with Gasteiger partial charge in [-0.2, -0.15) is 0 Å². The van der Waals surface area contributed by atoms with Gasteiger partial charge in [-0.05, 0) is 57.1 Å². The Hall–Kier alpha value is 1.17. The van der Waals surface area contributed by atoms with E-state index in [2.05, 4.69) is 43.3 Å². The van der Waals surface area contributed by atoms with E-state index in [0.717, 1.165) is 0 Å². The van der Waals surface area contributed by atoms with E-state index < -0.39 is 0 Å². The summed E-state index contributed by atoms with van der Waals surface area (Å²) in [5.41, 5.74) is 0. The maximum Gasteiger partial charge on any atom is 0.0498 e. The molecule has 1 heterocycles. The van der Waals surface area contributed by atoms with Crippen molar-refractivity contribution < 1.29 is 0 Å². The van der Waals surface area contributed by atoms with Crippen LogP contribution in [0.2, 0.25) is 0 Å². The van der Waals surface area contributed by atoms with E-state index in [0.29, 0.717) is 0 Å². The third-order valence-electron chi connectivity index (χ3n) is 0.526. The van der Waals surface area contributed by atoms with Gasteiger partial charge in [-0.15, -0.1) is 0 Å². The van der Waals surface area contributed by atoms with Gasteiger partial charge in [0.05, 0.1) is 0 Å². The summed E-state index contributed by atoms with van der Waals surface area (Å²) in [5.74, 6) is 2.20. The molecule has 1 unspecified atom stereocenters. The van der Waals surface area contributed by atoms with Crippen LogP contribution in [0, 0.1) is 0 Å². The highest BCUT2D eigenvalue weighted by atomic mass is 79.9. The van der Waals surface area contributed by atoms with Crippen molar-refractivity contribution >= 4 is 45.2 Å². The summed E-state index contributed by atoms with van der Waals surface area (Å²) in [5, 5.41) is 0. The van der Waals surface area contributed by atoms with E-state index in [1.807, 2.05) is 0 Å². The third kappa shape index (κ3) is 1.85. The molecule has 4 heteroatoms. The minimum Gasteiger partial charge on any atom is -0.0450 e. The highest BCUT2D eigenvalue weighted by Gasteiger charge is 1.87. The van der Waals surface area contributed by atoms with Crippen LogP contribution in [0.25, 0.3) is 0 Å². The minimum absolute atomic E-state index is 0.0159. The van der Waals surface area contributed by atoms with Crippen molar-refractivity contribution in [2.45, 2.75) is 0 Å². The standard InChI is InChI=1S/C3H2Br2P2/c4-3-1-2-7(5)6-3/h1-2H. The Labute approximate surface area is 61.2 Å². The molecule has 0 bridgehead atoms. The van der Waals surface area contributed by atoms with Gasteiger partial charge >= 0.3 is 0 Å². The van der Waals surface area contributed by atoms with E-state index >= 15 is 0 Å². The molecule has 0 spiro atoms. The van der Waals surface area contributed by atoms with Crippen LogP contribution in [0.15, 0.2) is 16.1 Å². The van der Waals surface area contributed by atoms with E-state index in [-0.39, 0.29) is 5.91 Å². The van der Waals surface area contributed by atoms with Gasteiger partial charge in [-0.3, -0.25) is 0 Å². The van der Waals surface area contributed by atoms with E-state index in [9.17, 15) is 0 Å². The van der Waals surface area contributed by atoms with Crippen molar-refractivity contribution in [1.82, 2.24) is 0 Å². The van der Waals surface area contributed by atoms with Crippen LogP contribution >= 0.6 is 45.2 Å². The van der Waals surface area contributed by atoms with Gasteiger partial charge in [0.25, 0.3) is 0 Å². The Morgan fingerprint density at radius 3 is 2.57 bits per heavy atom. The molecule has 0 radical (unpaired) electrons. The topological polar surface area (TPSA) is 0 Å². The number of hydrogen-bond donors (Lipinski definition) is 0. The molecule has 0 N–H and O–H groups in total. The van der Waals surface area contributed by atoms with Gasteiger partial charge < -0.3 is 0 Å². The molecule has 0 aliphatic heterocycles. The maximum absolute atomic E-state index is 3.49. The molecule has 1 aromatic rings. The van der Waals surface area contributed by atoms with Crippen molar-refractivity contribution in [3.05, 3.63) is 16.1 Å². The third-order valence-corrected chi connectivity index (χ3v) is 6.83. The van der Waals surface area contributed by atoms with Crippen molar-refractivity contribution in [1.29, 1.82) is 0 Å². The Morgan fingerprint density at radius 1 is 1.71 bits per heavy atom. The molecule has 0 saturated heterocycles. The van der Waals surface area contributed by atoms with Crippen LogP contribution in [0.3, 0.4) is 0 Å². The van der Waals surface area contributed by atoms with E-state index in [1.165, 1.54) is 12.1 Å². The average Bonchev–Trinajstić information content (AvgIpc) is 1.87. The summed E-state index contributed by atoms with van der Waals surface area (Å²) in [7, 11) is 1.39. The largest absolute Gasteiger partial charge is 0.0498 e. The normalized spacial score (nSPS) is 13.1. The number of rotatable bonds is 0. The molecule has 0 saturated carbocycles. The molecular formula is C3H2Br2P2. The second-order valence-corrected chi connectivity index (χ2v) is 9.88. The first-order valence-electron chi connectivity index (χ1n) is 1.66. The Morgan fingerprint density at radius 2 is 2.43 bits per heavy atom. The van der Waals surface area contributed by atoms with Crippen LogP contribution < -0.4 is 0 Å². The van der Waals surface area contributed by atoms with Crippen molar-refractivity contribution in [2.24, 2.45) is 0 Å². The first-order chi connectivity index (χ1) is 3.29. The fraction of sp³-hybridized carbons (Fsp3) is 0. The highest BCUT2D eigenvalue weighted by molar-refractivity contribution is 9.41. The summed E-state index contributed by atoms with van der Waals surface area (Å²) < 4.78 is 1.29. The van der Waals surface area contributed by atoms with Gasteiger partial charge in [0.2, 0.25) is 0 Å². The van der Waals surface area contributed by atoms with E-state index in [4.69, 9.17) is 0 Å². The monoisotopic (exact) mass is 258 g/mol. The lowest BCUT2D eigenvalue weighted by atomic mass is 10.8. The molecule has 1 aromatic heterocycles. The predicted molar refractivity (Wildman–Crippen MR) is 43.7 cm³/mol. The zero-order chi connectivity index (χ0) is 5.28. The molecule has 0 aromatic carbocycles. The zero-order valence-corrected chi connectivity index (χ0v) is 8.27. The molecule has 0 amide bonds. The molecular weight excluding hydrogens is 258 g/mol. The molecule has 0 aliphatic rings. The van der Waals surface area contributed by atoms with Gasteiger partial charge in [-0.25, -0.2) is 0 Å². The molecule has 38 valence electrons. The fourth-order valence-electron chi connectivity index (χ4n) is 0.281. The fourth-order valence-corrected chi connectivity index (χ4v) is 7.89. The van der Waals surface area contributed by atoms with Gasteiger partial charge in [0.1, 0.15) is 0 Å². The Kier molecular flexibility index (Phi) is 2.37. The minimum atomic E-state index is 0.0159. The highest BCUT2D eigenvalue weighted by Crippen LogP contribution is 2.49. The van der Waals surface area contributed by atoms with Crippen molar-refractivity contribution in [3.8, 4) is 0 Å². The second-order valence-electron chi connectivity index (χ2n) is 1.03. The van der Waals surface area contributed by atoms with Gasteiger partial charge in [0, 0.05) is 4.20 Å². The Balaban J connectivity index is 3.04. The smallest absolute Gasteiger partial charge is 0.0450 e. The van der Waals surface area contributed by atoms with Gasteiger partial charge in [-0.1, -0.05) is 0 Å². The number of halogens is 2. The van der Waals surface area contributed by atoms with Crippen molar-refractivity contribution in [3.63, 3.8) is 0 Å². The maximum atomic E-state index is 3.49. The summed E-state index contributed by atoms with van der Waals surface area (Å²) >= 11 is 6.88. The lowest BCUT2D eigenvalue weighted by Gasteiger charge is -1.68.